The Morgan fingerprint density at radius 3 is 2.65 bits per heavy atom. The average Bonchev–Trinajstić information content (AvgIpc) is 2.18. The molecule has 4 nitrogen and oxygen atoms in total. The van der Waals surface area contributed by atoms with Gasteiger partial charge in [0.05, 0.1) is 6.21 Å². The van der Waals surface area contributed by atoms with Crippen molar-refractivity contribution in [3.63, 3.8) is 0 Å². The summed E-state index contributed by atoms with van der Waals surface area (Å²) in [7, 11) is 0. The molecule has 1 aromatic rings. The van der Waals surface area contributed by atoms with Gasteiger partial charge in [0, 0.05) is 5.56 Å². The number of hydrogen-bond acceptors (Lipinski definition) is 3. The summed E-state index contributed by atoms with van der Waals surface area (Å²) >= 11 is 4.62. The summed E-state index contributed by atoms with van der Waals surface area (Å²) in [5, 5.41) is 14.0. The number of phenols is 1. The monoisotopic (exact) mass is 251 g/mol. The van der Waals surface area contributed by atoms with Crippen LogP contribution in [0.1, 0.15) is 31.9 Å². The Kier molecular flexibility index (Phi) is 4.07. The first kappa shape index (κ1) is 13.4. The van der Waals surface area contributed by atoms with Gasteiger partial charge in [-0.3, -0.25) is 5.43 Å². The number of hydrogen-bond donors (Lipinski definition) is 3. The lowest BCUT2D eigenvalue weighted by atomic mass is 9.85. The molecule has 0 heterocycles. The molecule has 4 N–H and O–H groups in total. The summed E-state index contributed by atoms with van der Waals surface area (Å²) < 4.78 is 0. The van der Waals surface area contributed by atoms with Gasteiger partial charge in [-0.05, 0) is 29.3 Å². The first-order valence-corrected chi connectivity index (χ1v) is 5.64. The van der Waals surface area contributed by atoms with Crippen molar-refractivity contribution in [2.24, 2.45) is 10.8 Å². The van der Waals surface area contributed by atoms with Crippen molar-refractivity contribution in [3.05, 3.63) is 29.3 Å². The number of nitrogens with zero attached hydrogens (tertiary/aromatic N) is 1. The third-order valence-corrected chi connectivity index (χ3v) is 2.34. The first-order valence-electron chi connectivity index (χ1n) is 5.23. The van der Waals surface area contributed by atoms with Crippen molar-refractivity contribution in [2.75, 3.05) is 0 Å². The molecule has 1 rings (SSSR count). The molecule has 0 aliphatic rings. The molecule has 0 aliphatic heterocycles. The topological polar surface area (TPSA) is 70.6 Å². The molecular weight excluding hydrogens is 234 g/mol. The Labute approximate surface area is 107 Å². The summed E-state index contributed by atoms with van der Waals surface area (Å²) in [5.41, 5.74) is 9.06. The maximum atomic E-state index is 10.1. The first-order chi connectivity index (χ1) is 7.82. The fraction of sp³-hybridized carbons (Fsp3) is 0.333. The van der Waals surface area contributed by atoms with Crippen LogP contribution in [0.2, 0.25) is 0 Å². The van der Waals surface area contributed by atoms with Crippen LogP contribution in [0.5, 0.6) is 5.75 Å². The number of thiocarbonyl (C=S) groups is 1. The van der Waals surface area contributed by atoms with Crippen LogP contribution in [0.4, 0.5) is 0 Å². The van der Waals surface area contributed by atoms with Gasteiger partial charge >= 0.3 is 0 Å². The minimum absolute atomic E-state index is 0.0905. The van der Waals surface area contributed by atoms with Gasteiger partial charge in [0.2, 0.25) is 0 Å². The molecule has 0 fully saturated rings. The van der Waals surface area contributed by atoms with Gasteiger partial charge in [-0.1, -0.05) is 32.9 Å². The Balaban J connectivity index is 3.03. The summed E-state index contributed by atoms with van der Waals surface area (Å²) in [4.78, 5) is 0. The predicted molar refractivity (Wildman–Crippen MR) is 74.3 cm³/mol. The van der Waals surface area contributed by atoms with Crippen molar-refractivity contribution in [2.45, 2.75) is 26.2 Å². The molecule has 17 heavy (non-hydrogen) atoms. The molecule has 0 radical (unpaired) electrons. The molecule has 5 heteroatoms. The minimum atomic E-state index is -0.121. The van der Waals surface area contributed by atoms with Gasteiger partial charge in [-0.15, -0.1) is 0 Å². The molecule has 0 amide bonds. The van der Waals surface area contributed by atoms with Gasteiger partial charge in [-0.25, -0.2) is 0 Å². The van der Waals surface area contributed by atoms with Crippen LogP contribution < -0.4 is 11.2 Å². The largest absolute Gasteiger partial charge is 0.507 e. The third-order valence-electron chi connectivity index (χ3n) is 2.25. The molecule has 1 aromatic carbocycles. The molecular formula is C12H17N3OS. The van der Waals surface area contributed by atoms with Gasteiger partial charge in [0.25, 0.3) is 0 Å². The number of hydrazone groups is 1. The van der Waals surface area contributed by atoms with Crippen LogP contribution in [0.25, 0.3) is 0 Å². The van der Waals surface area contributed by atoms with Crippen molar-refractivity contribution in [1.82, 2.24) is 5.43 Å². The Hall–Kier alpha value is -1.62. The number of benzene rings is 1. The van der Waals surface area contributed by atoms with E-state index in [0.717, 1.165) is 5.56 Å². The molecule has 0 aliphatic carbocycles. The fourth-order valence-electron chi connectivity index (χ4n) is 1.44. The van der Waals surface area contributed by atoms with Crippen LogP contribution in [0, 0.1) is 0 Å². The quantitative estimate of drug-likeness (QED) is 0.426. The van der Waals surface area contributed by atoms with E-state index in [1.165, 1.54) is 6.21 Å². The zero-order valence-corrected chi connectivity index (χ0v) is 11.0. The summed E-state index contributed by atoms with van der Waals surface area (Å²) in [6.45, 7) is 6.11. The molecule has 0 bridgehead atoms. The summed E-state index contributed by atoms with van der Waals surface area (Å²) in [5.74, 6) is 0.230. The second kappa shape index (κ2) is 5.14. The number of nitrogens with two attached hydrogens (primary N) is 1. The van der Waals surface area contributed by atoms with Crippen LogP contribution in [0.3, 0.4) is 0 Å². The molecule has 92 valence electrons. The smallest absolute Gasteiger partial charge is 0.184 e. The van der Waals surface area contributed by atoms with Gasteiger partial charge in [0.15, 0.2) is 5.11 Å². The Bertz CT molecular complexity index is 450. The van der Waals surface area contributed by atoms with Gasteiger partial charge in [0.1, 0.15) is 5.75 Å². The van der Waals surface area contributed by atoms with E-state index in [2.05, 4.69) is 22.7 Å². The highest BCUT2D eigenvalue weighted by atomic mass is 32.1. The maximum Gasteiger partial charge on any atom is 0.184 e. The maximum absolute atomic E-state index is 10.1. The number of rotatable bonds is 2. The van der Waals surface area contributed by atoms with Gasteiger partial charge < -0.3 is 10.8 Å². The van der Waals surface area contributed by atoms with Gasteiger partial charge in [-0.2, -0.15) is 5.10 Å². The molecule has 0 unspecified atom stereocenters. The van der Waals surface area contributed by atoms with E-state index in [1.807, 2.05) is 32.9 Å². The molecule has 0 saturated heterocycles. The van der Waals surface area contributed by atoms with Crippen molar-refractivity contribution in [3.8, 4) is 5.75 Å². The predicted octanol–water partition coefficient (Wildman–Crippen LogP) is 1.86. The van der Waals surface area contributed by atoms with Crippen LogP contribution in [-0.4, -0.2) is 16.4 Å². The normalized spacial score (nSPS) is 11.7. The average molecular weight is 251 g/mol. The highest BCUT2D eigenvalue weighted by molar-refractivity contribution is 7.80. The van der Waals surface area contributed by atoms with E-state index in [9.17, 15) is 5.11 Å². The van der Waals surface area contributed by atoms with E-state index in [1.54, 1.807) is 6.07 Å². The zero-order chi connectivity index (χ0) is 13.1. The number of phenolic OH excluding ortho intramolecular Hbond substituents is 1. The number of para-hydroxylation sites is 1. The van der Waals surface area contributed by atoms with Crippen molar-refractivity contribution >= 4 is 23.5 Å². The number of nitrogens with one attached hydrogen (secondary N) is 1. The summed E-state index contributed by atoms with van der Waals surface area (Å²) in [6.07, 6.45) is 1.49. The molecule has 0 atom stereocenters. The highest BCUT2D eigenvalue weighted by Gasteiger charge is 2.18. The fourth-order valence-corrected chi connectivity index (χ4v) is 1.49. The standard InChI is InChI=1S/C12H17N3OS/c1-12(2,3)9-6-4-5-8(10(9)16)7-14-15-11(13)17/h4-7,16H,1-3H3,(H3,13,15,17). The Morgan fingerprint density at radius 1 is 1.47 bits per heavy atom. The second-order valence-corrected chi connectivity index (χ2v) is 5.17. The lowest BCUT2D eigenvalue weighted by Crippen LogP contribution is -2.24. The highest BCUT2D eigenvalue weighted by Crippen LogP contribution is 2.32. The van der Waals surface area contributed by atoms with E-state index in [4.69, 9.17) is 5.73 Å². The van der Waals surface area contributed by atoms with E-state index >= 15 is 0 Å². The molecule has 0 spiro atoms. The lowest BCUT2D eigenvalue weighted by Gasteiger charge is -2.21. The molecule has 0 aromatic heterocycles. The third kappa shape index (κ3) is 3.71. The zero-order valence-electron chi connectivity index (χ0n) is 10.2. The van der Waals surface area contributed by atoms with Crippen molar-refractivity contribution < 1.29 is 5.11 Å². The van der Waals surface area contributed by atoms with Crippen LogP contribution in [-0.2, 0) is 5.41 Å². The van der Waals surface area contributed by atoms with E-state index in [0.29, 0.717) is 5.56 Å². The molecule has 0 saturated carbocycles. The minimum Gasteiger partial charge on any atom is -0.507 e. The van der Waals surface area contributed by atoms with E-state index in [-0.39, 0.29) is 16.3 Å². The number of aromatic hydroxyl groups is 1. The van der Waals surface area contributed by atoms with E-state index < -0.39 is 0 Å². The summed E-state index contributed by atoms with van der Waals surface area (Å²) in [6, 6.07) is 5.55. The second-order valence-electron chi connectivity index (χ2n) is 4.73. The lowest BCUT2D eigenvalue weighted by molar-refractivity contribution is 0.446. The SMILES string of the molecule is CC(C)(C)c1cccc(C=NNC(N)=S)c1O. The van der Waals surface area contributed by atoms with Crippen molar-refractivity contribution in [1.29, 1.82) is 0 Å². The Morgan fingerprint density at radius 2 is 2.12 bits per heavy atom. The van der Waals surface area contributed by atoms with Crippen LogP contribution in [0.15, 0.2) is 23.3 Å². The van der Waals surface area contributed by atoms with Crippen LogP contribution >= 0.6 is 12.2 Å².